The lowest BCUT2D eigenvalue weighted by Crippen LogP contribution is -2.28. The molecule has 0 bridgehead atoms. The summed E-state index contributed by atoms with van der Waals surface area (Å²) in [4.78, 5) is 27.2. The molecule has 23 heavy (non-hydrogen) atoms. The fraction of sp³-hybridized carbons (Fsp3) is 0.312. The van der Waals surface area contributed by atoms with E-state index in [1.807, 2.05) is 18.2 Å². The van der Waals surface area contributed by atoms with E-state index >= 15 is 0 Å². The molecule has 0 radical (unpaired) electrons. The summed E-state index contributed by atoms with van der Waals surface area (Å²) in [6.45, 7) is 2.48. The van der Waals surface area contributed by atoms with Crippen LogP contribution in [0.5, 0.6) is 5.75 Å². The summed E-state index contributed by atoms with van der Waals surface area (Å²) in [6, 6.07) is 5.46. The minimum Gasteiger partial charge on any atom is -0.493 e. The first-order valence-corrected chi connectivity index (χ1v) is 8.07. The summed E-state index contributed by atoms with van der Waals surface area (Å²) >= 11 is 1.07. The number of carbonyl (C=O) groups is 2. The van der Waals surface area contributed by atoms with Crippen LogP contribution in [0.1, 0.15) is 38.8 Å². The highest BCUT2D eigenvalue weighted by atomic mass is 32.1. The molecule has 1 amide bonds. The summed E-state index contributed by atoms with van der Waals surface area (Å²) in [5.74, 6) is -0.234. The van der Waals surface area contributed by atoms with Gasteiger partial charge in [-0.05, 0) is 24.1 Å². The molecule has 0 fully saturated rings. The Morgan fingerprint density at radius 2 is 2.30 bits per heavy atom. The molecule has 2 N–H and O–H groups in total. The first-order valence-electron chi connectivity index (χ1n) is 7.26. The lowest BCUT2D eigenvalue weighted by Gasteiger charge is -2.11. The maximum Gasteiger partial charge on any atom is 0.347 e. The number of nitrogens with zero attached hydrogens (tertiary/aromatic N) is 1. The average Bonchev–Trinajstić information content (AvgIpc) is 3.15. The normalized spacial score (nSPS) is 14.0. The van der Waals surface area contributed by atoms with Gasteiger partial charge in [0.2, 0.25) is 5.91 Å². The Morgan fingerprint density at radius 1 is 1.48 bits per heavy atom. The molecule has 6 nitrogen and oxygen atoms in total. The first-order chi connectivity index (χ1) is 11.0. The van der Waals surface area contributed by atoms with Gasteiger partial charge in [-0.2, -0.15) is 0 Å². The van der Waals surface area contributed by atoms with Gasteiger partial charge in [0, 0.05) is 6.42 Å². The van der Waals surface area contributed by atoms with Crippen LogP contribution < -0.4 is 10.1 Å². The van der Waals surface area contributed by atoms with Crippen LogP contribution in [0.3, 0.4) is 0 Å². The number of amides is 1. The molecule has 0 aliphatic carbocycles. The summed E-state index contributed by atoms with van der Waals surface area (Å²) in [7, 11) is 0. The number of aromatic carboxylic acids is 1. The number of benzene rings is 1. The lowest BCUT2D eigenvalue weighted by atomic mass is 10.1. The molecule has 1 aliphatic rings. The van der Waals surface area contributed by atoms with Gasteiger partial charge in [0.1, 0.15) is 15.6 Å². The average molecular weight is 332 g/mol. The van der Waals surface area contributed by atoms with Crippen molar-refractivity contribution in [1.82, 2.24) is 10.3 Å². The Morgan fingerprint density at radius 3 is 3.04 bits per heavy atom. The van der Waals surface area contributed by atoms with E-state index in [9.17, 15) is 9.59 Å². The predicted octanol–water partition coefficient (Wildman–Crippen LogP) is 2.20. The smallest absolute Gasteiger partial charge is 0.347 e. The molecule has 3 rings (SSSR count). The Hall–Kier alpha value is -2.41. The fourth-order valence-electron chi connectivity index (χ4n) is 2.48. The van der Waals surface area contributed by atoms with E-state index in [1.54, 1.807) is 6.92 Å². The number of rotatable bonds is 5. The van der Waals surface area contributed by atoms with Gasteiger partial charge in [-0.15, -0.1) is 11.3 Å². The van der Waals surface area contributed by atoms with Gasteiger partial charge >= 0.3 is 5.97 Å². The summed E-state index contributed by atoms with van der Waals surface area (Å²) in [5, 5.41) is 12.3. The van der Waals surface area contributed by atoms with Gasteiger partial charge in [-0.1, -0.05) is 12.1 Å². The zero-order valence-corrected chi connectivity index (χ0v) is 13.4. The molecular formula is C16H16N2O4S. The summed E-state index contributed by atoms with van der Waals surface area (Å²) < 4.78 is 5.45. The zero-order chi connectivity index (χ0) is 16.4. The summed E-state index contributed by atoms with van der Waals surface area (Å²) in [5.41, 5.74) is 2.07. The number of aromatic nitrogens is 1. The minimum atomic E-state index is -1.01. The van der Waals surface area contributed by atoms with E-state index in [2.05, 4.69) is 10.3 Å². The number of carboxylic acids is 1. The first kappa shape index (κ1) is 15.5. The standard InChI is InChI=1S/C16H16N2O4S/c1-9(15-17-8-13(23-15)16(20)21)18-14(19)7-10-2-3-12-11(6-10)4-5-22-12/h2-3,6,8-9H,4-5,7H2,1H3,(H,18,19)(H,20,21). The maximum absolute atomic E-state index is 12.2. The van der Waals surface area contributed by atoms with Crippen molar-refractivity contribution >= 4 is 23.2 Å². The third-order valence-electron chi connectivity index (χ3n) is 3.60. The van der Waals surface area contributed by atoms with Crippen molar-refractivity contribution in [3.63, 3.8) is 0 Å². The van der Waals surface area contributed by atoms with E-state index < -0.39 is 5.97 Å². The van der Waals surface area contributed by atoms with Crippen molar-refractivity contribution in [2.24, 2.45) is 0 Å². The molecule has 2 aromatic rings. The fourth-order valence-corrected chi connectivity index (χ4v) is 3.24. The highest BCUT2D eigenvalue weighted by Crippen LogP contribution is 2.26. The van der Waals surface area contributed by atoms with Gasteiger partial charge in [0.15, 0.2) is 0 Å². The predicted molar refractivity (Wildman–Crippen MR) is 85.0 cm³/mol. The number of nitrogens with one attached hydrogen (secondary N) is 1. The number of thiazole rings is 1. The second-order valence-electron chi connectivity index (χ2n) is 5.37. The molecule has 2 heterocycles. The Kier molecular flexibility index (Phi) is 4.29. The van der Waals surface area contributed by atoms with Crippen LogP contribution in [0.15, 0.2) is 24.4 Å². The maximum atomic E-state index is 12.2. The quantitative estimate of drug-likeness (QED) is 0.876. The van der Waals surface area contributed by atoms with Crippen LogP contribution in [-0.2, 0) is 17.6 Å². The van der Waals surface area contributed by atoms with Crippen LogP contribution in [0.2, 0.25) is 0 Å². The Bertz CT molecular complexity index is 756. The van der Waals surface area contributed by atoms with E-state index in [1.165, 1.54) is 6.20 Å². The van der Waals surface area contributed by atoms with Crippen molar-refractivity contribution in [3.8, 4) is 5.75 Å². The number of carbonyl (C=O) groups excluding carboxylic acids is 1. The highest BCUT2D eigenvalue weighted by molar-refractivity contribution is 7.13. The van der Waals surface area contributed by atoms with Gasteiger partial charge in [-0.25, -0.2) is 9.78 Å². The van der Waals surface area contributed by atoms with Crippen LogP contribution in [0, 0.1) is 0 Å². The van der Waals surface area contributed by atoms with Crippen molar-refractivity contribution < 1.29 is 19.4 Å². The molecule has 1 aromatic carbocycles. The monoisotopic (exact) mass is 332 g/mol. The topological polar surface area (TPSA) is 88.5 Å². The molecule has 1 unspecified atom stereocenters. The van der Waals surface area contributed by atoms with Crippen LogP contribution in [0.25, 0.3) is 0 Å². The molecule has 120 valence electrons. The highest BCUT2D eigenvalue weighted by Gasteiger charge is 2.17. The zero-order valence-electron chi connectivity index (χ0n) is 12.5. The van der Waals surface area contributed by atoms with E-state index in [0.717, 1.165) is 34.6 Å². The van der Waals surface area contributed by atoms with Crippen molar-refractivity contribution in [3.05, 3.63) is 45.4 Å². The van der Waals surface area contributed by atoms with Crippen molar-refractivity contribution in [1.29, 1.82) is 0 Å². The van der Waals surface area contributed by atoms with Gasteiger partial charge in [0.25, 0.3) is 0 Å². The third-order valence-corrected chi connectivity index (χ3v) is 4.77. The molecule has 1 aromatic heterocycles. The Labute approximate surface area is 137 Å². The van der Waals surface area contributed by atoms with Crippen LogP contribution in [-0.4, -0.2) is 28.6 Å². The second kappa shape index (κ2) is 6.37. The minimum absolute atomic E-state index is 0.122. The number of ether oxygens (including phenoxy) is 1. The van der Waals surface area contributed by atoms with Gasteiger partial charge in [0.05, 0.1) is 25.3 Å². The number of fused-ring (bicyclic) bond motifs is 1. The number of hydrogen-bond donors (Lipinski definition) is 2. The number of carboxylic acid groups (broad SMARTS) is 1. The molecule has 1 aliphatic heterocycles. The molecule has 0 saturated heterocycles. The summed E-state index contributed by atoms with van der Waals surface area (Å²) in [6.07, 6.45) is 2.46. The SMILES string of the molecule is CC(NC(=O)Cc1ccc2c(c1)CCO2)c1ncc(C(=O)O)s1. The van der Waals surface area contributed by atoms with Crippen LogP contribution >= 0.6 is 11.3 Å². The van der Waals surface area contributed by atoms with E-state index in [4.69, 9.17) is 9.84 Å². The van der Waals surface area contributed by atoms with Crippen molar-refractivity contribution in [2.75, 3.05) is 6.61 Å². The van der Waals surface area contributed by atoms with Crippen LogP contribution in [0.4, 0.5) is 0 Å². The van der Waals surface area contributed by atoms with E-state index in [0.29, 0.717) is 11.6 Å². The van der Waals surface area contributed by atoms with Gasteiger partial charge in [-0.3, -0.25) is 4.79 Å². The molecule has 0 saturated carbocycles. The molecule has 1 atom stereocenters. The van der Waals surface area contributed by atoms with E-state index in [-0.39, 0.29) is 23.2 Å². The van der Waals surface area contributed by atoms with Gasteiger partial charge < -0.3 is 15.2 Å². The lowest BCUT2D eigenvalue weighted by molar-refractivity contribution is -0.121. The second-order valence-corrected chi connectivity index (χ2v) is 6.44. The molecular weight excluding hydrogens is 316 g/mol. The molecule has 7 heteroatoms. The third kappa shape index (κ3) is 3.50. The largest absolute Gasteiger partial charge is 0.493 e. The number of hydrogen-bond acceptors (Lipinski definition) is 5. The Balaban J connectivity index is 1.61. The van der Waals surface area contributed by atoms with Crippen molar-refractivity contribution in [2.45, 2.75) is 25.8 Å². The molecule has 0 spiro atoms.